The Bertz CT molecular complexity index is 739. The molecule has 1 aliphatic rings. The molecule has 0 spiro atoms. The summed E-state index contributed by atoms with van der Waals surface area (Å²) in [5, 5.41) is 0.404. The summed E-state index contributed by atoms with van der Waals surface area (Å²) in [6, 6.07) is 9.42. The van der Waals surface area contributed by atoms with Crippen molar-refractivity contribution in [3.63, 3.8) is 0 Å². The molecule has 0 aliphatic heterocycles. The number of carbonyl (C=O) groups excluding carboxylic acids is 2. The highest BCUT2D eigenvalue weighted by molar-refractivity contribution is 7.16. The second-order valence-electron chi connectivity index (χ2n) is 5.35. The van der Waals surface area contributed by atoms with Gasteiger partial charge in [0.25, 0.3) is 0 Å². The number of fused-ring (bicyclic) bond motifs is 1. The van der Waals surface area contributed by atoms with Crippen LogP contribution in [0.1, 0.15) is 38.7 Å². The fraction of sp³-hybridized carbons (Fsp3) is 0.294. The summed E-state index contributed by atoms with van der Waals surface area (Å²) < 4.78 is 10.2. The van der Waals surface area contributed by atoms with Crippen LogP contribution in [0.5, 0.6) is 0 Å². The van der Waals surface area contributed by atoms with Gasteiger partial charge in [-0.15, -0.1) is 11.3 Å². The molecule has 0 saturated carbocycles. The molecule has 23 heavy (non-hydrogen) atoms. The maximum atomic E-state index is 12.5. The first-order valence-corrected chi connectivity index (χ1v) is 8.13. The molecule has 1 aliphatic carbocycles. The van der Waals surface area contributed by atoms with Gasteiger partial charge in [0.1, 0.15) is 11.6 Å². The first-order chi connectivity index (χ1) is 11.1. The molecule has 1 atom stereocenters. The molecule has 1 heterocycles. The zero-order valence-corrected chi connectivity index (χ0v) is 13.5. The van der Waals surface area contributed by atoms with Gasteiger partial charge in [-0.2, -0.15) is 0 Å². The molecule has 5 nitrogen and oxygen atoms in total. The van der Waals surface area contributed by atoms with Crippen LogP contribution in [0.25, 0.3) is 0 Å². The minimum absolute atomic E-state index is 0.173. The van der Waals surface area contributed by atoms with Crippen LogP contribution in [-0.4, -0.2) is 19.0 Å². The van der Waals surface area contributed by atoms with Gasteiger partial charge in [-0.05, 0) is 24.0 Å². The lowest BCUT2D eigenvalue weighted by molar-refractivity contribution is -0.142. The number of anilines is 1. The number of ether oxygens (including phenoxy) is 2. The van der Waals surface area contributed by atoms with Crippen LogP contribution in [0.4, 0.5) is 5.00 Å². The Kier molecular flexibility index (Phi) is 4.34. The molecule has 3 rings (SSSR count). The SMILES string of the molecule is COC(=O)C1CCc2sc(N)c(C(=O)OCc3ccccc3)c21. The number of nitrogen functional groups attached to an aromatic ring is 1. The molecule has 6 heteroatoms. The van der Waals surface area contributed by atoms with Crippen LogP contribution in [-0.2, 0) is 27.3 Å². The first kappa shape index (κ1) is 15.6. The Morgan fingerprint density at radius 3 is 2.74 bits per heavy atom. The first-order valence-electron chi connectivity index (χ1n) is 7.31. The van der Waals surface area contributed by atoms with Crippen LogP contribution in [0.3, 0.4) is 0 Å². The standard InChI is InChI=1S/C17H17NO4S/c1-21-16(19)11-7-8-12-13(11)14(15(18)23-12)17(20)22-9-10-5-3-2-4-6-10/h2-6,11H,7-9,18H2,1H3. The molecule has 0 fully saturated rings. The van der Waals surface area contributed by atoms with Crippen LogP contribution < -0.4 is 5.73 Å². The van der Waals surface area contributed by atoms with Gasteiger partial charge in [0, 0.05) is 4.88 Å². The summed E-state index contributed by atoms with van der Waals surface area (Å²) in [7, 11) is 1.35. The van der Waals surface area contributed by atoms with E-state index in [2.05, 4.69) is 0 Å². The number of methoxy groups -OCH3 is 1. The number of esters is 2. The fourth-order valence-electron chi connectivity index (χ4n) is 2.87. The quantitative estimate of drug-likeness (QED) is 0.872. The van der Waals surface area contributed by atoms with E-state index >= 15 is 0 Å². The molecule has 2 aromatic rings. The molecule has 0 radical (unpaired) electrons. The summed E-state index contributed by atoms with van der Waals surface area (Å²) in [4.78, 5) is 25.4. The number of aryl methyl sites for hydroxylation is 1. The molecular formula is C17H17NO4S. The fourth-order valence-corrected chi connectivity index (χ4v) is 4.00. The molecule has 0 saturated heterocycles. The van der Waals surface area contributed by atoms with E-state index in [1.807, 2.05) is 30.3 Å². The van der Waals surface area contributed by atoms with E-state index in [9.17, 15) is 9.59 Å². The number of hydrogen-bond donors (Lipinski definition) is 1. The third-order valence-corrected chi connectivity index (χ3v) is 5.05. The molecular weight excluding hydrogens is 314 g/mol. The van der Waals surface area contributed by atoms with Gasteiger partial charge < -0.3 is 15.2 Å². The number of rotatable bonds is 4. The van der Waals surface area contributed by atoms with Crippen LogP contribution in [0.15, 0.2) is 30.3 Å². The smallest absolute Gasteiger partial charge is 0.341 e. The molecule has 1 aromatic heterocycles. The summed E-state index contributed by atoms with van der Waals surface area (Å²) in [6.45, 7) is 0.173. The number of benzene rings is 1. The van der Waals surface area contributed by atoms with Crippen LogP contribution in [0.2, 0.25) is 0 Å². The van der Waals surface area contributed by atoms with Gasteiger partial charge in [0.2, 0.25) is 0 Å². The van der Waals surface area contributed by atoms with Gasteiger partial charge in [-0.1, -0.05) is 30.3 Å². The predicted molar refractivity (Wildman–Crippen MR) is 87.4 cm³/mol. The van der Waals surface area contributed by atoms with E-state index < -0.39 is 11.9 Å². The predicted octanol–water partition coefficient (Wildman–Crippen LogP) is 2.89. The second-order valence-corrected chi connectivity index (χ2v) is 6.49. The van der Waals surface area contributed by atoms with Crippen molar-refractivity contribution in [2.45, 2.75) is 25.4 Å². The molecule has 0 bridgehead atoms. The Morgan fingerprint density at radius 1 is 1.30 bits per heavy atom. The maximum Gasteiger partial charge on any atom is 0.341 e. The Labute approximate surface area is 138 Å². The van der Waals surface area contributed by atoms with Crippen molar-refractivity contribution in [2.24, 2.45) is 0 Å². The van der Waals surface area contributed by atoms with E-state index in [0.717, 1.165) is 16.9 Å². The van der Waals surface area contributed by atoms with Crippen molar-refractivity contribution in [1.82, 2.24) is 0 Å². The molecule has 0 amide bonds. The summed E-state index contributed by atoms with van der Waals surface area (Å²) in [5.74, 6) is -1.25. The normalized spacial score (nSPS) is 16.0. The minimum Gasteiger partial charge on any atom is -0.469 e. The van der Waals surface area contributed by atoms with E-state index in [-0.39, 0.29) is 12.6 Å². The topological polar surface area (TPSA) is 78.6 Å². The zero-order chi connectivity index (χ0) is 16.4. The van der Waals surface area contributed by atoms with Crippen molar-refractivity contribution >= 4 is 28.3 Å². The lowest BCUT2D eigenvalue weighted by atomic mass is 9.99. The van der Waals surface area contributed by atoms with E-state index in [4.69, 9.17) is 15.2 Å². The lowest BCUT2D eigenvalue weighted by Gasteiger charge is -2.11. The lowest BCUT2D eigenvalue weighted by Crippen LogP contribution is -2.16. The number of carbonyl (C=O) groups is 2. The van der Waals surface area contributed by atoms with Crippen molar-refractivity contribution in [1.29, 1.82) is 0 Å². The van der Waals surface area contributed by atoms with Crippen molar-refractivity contribution in [3.05, 3.63) is 51.9 Å². The van der Waals surface area contributed by atoms with Crippen LogP contribution in [0, 0.1) is 0 Å². The number of hydrogen-bond acceptors (Lipinski definition) is 6. The third-order valence-electron chi connectivity index (χ3n) is 3.96. The van der Waals surface area contributed by atoms with E-state index in [0.29, 0.717) is 22.5 Å². The third kappa shape index (κ3) is 2.94. The van der Waals surface area contributed by atoms with Crippen molar-refractivity contribution < 1.29 is 19.1 Å². The monoisotopic (exact) mass is 331 g/mol. The summed E-state index contributed by atoms with van der Waals surface area (Å²) >= 11 is 1.35. The van der Waals surface area contributed by atoms with Gasteiger partial charge in [0.15, 0.2) is 0 Å². The van der Waals surface area contributed by atoms with Gasteiger partial charge in [-0.25, -0.2) is 4.79 Å². The Balaban J connectivity index is 1.83. The highest BCUT2D eigenvalue weighted by Gasteiger charge is 2.37. The van der Waals surface area contributed by atoms with Crippen LogP contribution >= 0.6 is 11.3 Å². The molecule has 2 N–H and O–H groups in total. The van der Waals surface area contributed by atoms with E-state index in [1.54, 1.807) is 0 Å². The summed E-state index contributed by atoms with van der Waals surface area (Å²) in [6.07, 6.45) is 1.38. The van der Waals surface area contributed by atoms with Crippen molar-refractivity contribution in [3.8, 4) is 0 Å². The molecule has 120 valence electrons. The van der Waals surface area contributed by atoms with Gasteiger partial charge in [0.05, 0.1) is 18.6 Å². The average molecular weight is 331 g/mol. The molecule has 1 unspecified atom stereocenters. The Morgan fingerprint density at radius 2 is 2.04 bits per heavy atom. The average Bonchev–Trinajstić information content (AvgIpc) is 3.10. The highest BCUT2D eigenvalue weighted by Crippen LogP contribution is 2.44. The van der Waals surface area contributed by atoms with Gasteiger partial charge >= 0.3 is 11.9 Å². The summed E-state index contributed by atoms with van der Waals surface area (Å²) in [5.41, 5.74) is 7.91. The minimum atomic E-state index is -0.486. The maximum absolute atomic E-state index is 12.5. The van der Waals surface area contributed by atoms with E-state index in [1.165, 1.54) is 18.4 Å². The van der Waals surface area contributed by atoms with Gasteiger partial charge in [-0.3, -0.25) is 4.79 Å². The second kappa shape index (κ2) is 6.42. The Hall–Kier alpha value is -2.34. The number of nitrogens with two attached hydrogens (primary N) is 1. The zero-order valence-electron chi connectivity index (χ0n) is 12.7. The molecule has 1 aromatic carbocycles. The highest BCUT2D eigenvalue weighted by atomic mass is 32.1. The largest absolute Gasteiger partial charge is 0.469 e. The number of thiophene rings is 1. The van der Waals surface area contributed by atoms with Crippen molar-refractivity contribution in [2.75, 3.05) is 12.8 Å².